The van der Waals surface area contributed by atoms with E-state index in [9.17, 15) is 5.11 Å². The van der Waals surface area contributed by atoms with Gasteiger partial charge in [-0.25, -0.2) is 0 Å². The lowest BCUT2D eigenvalue weighted by Crippen LogP contribution is -2.39. The molecule has 2 fully saturated rings. The highest BCUT2D eigenvalue weighted by Crippen LogP contribution is 2.34. The molecule has 3 heterocycles. The van der Waals surface area contributed by atoms with E-state index in [1.807, 2.05) is 25.1 Å². The Morgan fingerprint density at radius 2 is 2.00 bits per heavy atom. The number of nitrogens with zero attached hydrogens (tertiary/aromatic N) is 3. The van der Waals surface area contributed by atoms with Crippen LogP contribution in [-0.4, -0.2) is 73.4 Å². The summed E-state index contributed by atoms with van der Waals surface area (Å²) in [5.74, 6) is 0.875. The molecule has 2 saturated heterocycles. The van der Waals surface area contributed by atoms with Gasteiger partial charge in [-0.2, -0.15) is 0 Å². The summed E-state index contributed by atoms with van der Waals surface area (Å²) in [6.45, 7) is 7.67. The van der Waals surface area contributed by atoms with Gasteiger partial charge in [0.1, 0.15) is 5.69 Å². The molecular formula is C25H37N3O4. The monoisotopic (exact) mass is 443 g/mol. The third-order valence-corrected chi connectivity index (χ3v) is 6.31. The lowest BCUT2D eigenvalue weighted by atomic mass is 10.0. The molecule has 1 N–H and O–H groups in total. The normalized spacial score (nSPS) is 20.2. The Hall–Kier alpha value is -1.93. The number of anilines is 1. The fourth-order valence-electron chi connectivity index (χ4n) is 4.72. The van der Waals surface area contributed by atoms with Crippen molar-refractivity contribution in [3.05, 3.63) is 35.9 Å². The molecule has 2 aliphatic heterocycles. The van der Waals surface area contributed by atoms with E-state index in [-0.39, 0.29) is 6.10 Å². The topological polar surface area (TPSA) is 71.2 Å². The number of piperidine rings is 1. The number of rotatable bonds is 11. The van der Waals surface area contributed by atoms with Gasteiger partial charge in [-0.1, -0.05) is 35.5 Å². The summed E-state index contributed by atoms with van der Waals surface area (Å²) in [4.78, 5) is 4.62. The van der Waals surface area contributed by atoms with Crippen LogP contribution < -0.4 is 4.90 Å². The van der Waals surface area contributed by atoms with Crippen molar-refractivity contribution in [1.29, 1.82) is 0 Å². The standard InChI is InChI=1S/C25H37N3O4/c1-2-30-19-21(29)16-27(17-22-12-9-15-31-22)18-23-24(20-10-5-3-6-11-20)26-32-25(23)28-13-7-4-8-14-28/h3,5-6,10-11,21-22,29H,2,4,7-9,12-19H2,1H3/t21-,22-/m0/s1. The van der Waals surface area contributed by atoms with Crippen molar-refractivity contribution in [3.63, 3.8) is 0 Å². The van der Waals surface area contributed by atoms with E-state index in [1.165, 1.54) is 19.3 Å². The maximum Gasteiger partial charge on any atom is 0.232 e. The third kappa shape index (κ3) is 6.10. The van der Waals surface area contributed by atoms with Crippen LogP contribution in [-0.2, 0) is 16.0 Å². The molecule has 32 heavy (non-hydrogen) atoms. The third-order valence-electron chi connectivity index (χ3n) is 6.31. The molecule has 1 aromatic heterocycles. The first-order chi connectivity index (χ1) is 15.7. The summed E-state index contributed by atoms with van der Waals surface area (Å²) >= 11 is 0. The molecule has 0 saturated carbocycles. The lowest BCUT2D eigenvalue weighted by Gasteiger charge is -2.30. The van der Waals surface area contributed by atoms with E-state index in [0.717, 1.165) is 61.8 Å². The summed E-state index contributed by atoms with van der Waals surface area (Å²) in [7, 11) is 0. The molecule has 0 amide bonds. The summed E-state index contributed by atoms with van der Waals surface area (Å²) < 4.78 is 17.4. The second-order valence-corrected chi connectivity index (χ2v) is 8.87. The minimum absolute atomic E-state index is 0.202. The summed E-state index contributed by atoms with van der Waals surface area (Å²) in [5, 5.41) is 15.1. The van der Waals surface area contributed by atoms with Gasteiger partial charge >= 0.3 is 0 Å². The second kappa shape index (κ2) is 11.8. The van der Waals surface area contributed by atoms with Crippen molar-refractivity contribution in [3.8, 4) is 11.3 Å². The Balaban J connectivity index is 1.60. The molecule has 0 radical (unpaired) electrons. The molecule has 2 aromatic rings. The number of aliphatic hydroxyl groups is 1. The van der Waals surface area contributed by atoms with Crippen LogP contribution in [0.5, 0.6) is 0 Å². The number of hydrogen-bond donors (Lipinski definition) is 1. The maximum absolute atomic E-state index is 10.6. The highest BCUT2D eigenvalue weighted by atomic mass is 16.5. The van der Waals surface area contributed by atoms with Crippen LogP contribution in [0.2, 0.25) is 0 Å². The quantitative estimate of drug-likeness (QED) is 0.568. The number of hydrogen-bond acceptors (Lipinski definition) is 7. The Bertz CT molecular complexity index is 801. The first kappa shape index (κ1) is 23.2. The molecule has 0 spiro atoms. The van der Waals surface area contributed by atoms with Crippen LogP contribution in [0.15, 0.2) is 34.9 Å². The van der Waals surface area contributed by atoms with Gasteiger partial charge in [-0.15, -0.1) is 0 Å². The van der Waals surface area contributed by atoms with Crippen LogP contribution >= 0.6 is 0 Å². The van der Waals surface area contributed by atoms with Gasteiger partial charge in [0.25, 0.3) is 0 Å². The Morgan fingerprint density at radius 3 is 2.72 bits per heavy atom. The lowest BCUT2D eigenvalue weighted by molar-refractivity contribution is 0.00519. The zero-order chi connectivity index (χ0) is 22.2. The predicted octanol–water partition coefficient (Wildman–Crippen LogP) is 3.71. The van der Waals surface area contributed by atoms with Gasteiger partial charge in [0, 0.05) is 51.5 Å². The van der Waals surface area contributed by atoms with Gasteiger partial charge in [-0.05, 0) is 39.0 Å². The Kier molecular flexibility index (Phi) is 8.56. The van der Waals surface area contributed by atoms with Crippen molar-refractivity contribution in [1.82, 2.24) is 10.1 Å². The molecule has 1 aromatic carbocycles. The molecule has 4 rings (SSSR count). The fourth-order valence-corrected chi connectivity index (χ4v) is 4.72. The van der Waals surface area contributed by atoms with E-state index >= 15 is 0 Å². The van der Waals surface area contributed by atoms with E-state index < -0.39 is 6.10 Å². The minimum atomic E-state index is -0.546. The van der Waals surface area contributed by atoms with Crippen LogP contribution in [0, 0.1) is 0 Å². The molecule has 7 nitrogen and oxygen atoms in total. The highest BCUT2D eigenvalue weighted by Gasteiger charge is 2.28. The van der Waals surface area contributed by atoms with Crippen molar-refractivity contribution in [2.75, 3.05) is 50.9 Å². The van der Waals surface area contributed by atoms with Gasteiger partial charge in [0.05, 0.1) is 24.4 Å². The van der Waals surface area contributed by atoms with Crippen LogP contribution in [0.4, 0.5) is 5.88 Å². The SMILES string of the molecule is CCOC[C@@H](O)CN(Cc1c(-c2ccccc2)noc1N1CCCCC1)C[C@@H]1CCCO1. The summed E-state index contributed by atoms with van der Waals surface area (Å²) in [6, 6.07) is 10.2. The smallest absolute Gasteiger partial charge is 0.232 e. The first-order valence-corrected chi connectivity index (χ1v) is 12.1. The summed E-state index contributed by atoms with van der Waals surface area (Å²) in [5.41, 5.74) is 3.05. The van der Waals surface area contributed by atoms with Gasteiger partial charge in [0.2, 0.25) is 5.88 Å². The van der Waals surface area contributed by atoms with E-state index in [1.54, 1.807) is 0 Å². The number of aromatic nitrogens is 1. The average molecular weight is 444 g/mol. The van der Waals surface area contributed by atoms with Gasteiger partial charge in [-0.3, -0.25) is 4.90 Å². The predicted molar refractivity (Wildman–Crippen MR) is 125 cm³/mol. The van der Waals surface area contributed by atoms with Crippen molar-refractivity contribution >= 4 is 5.88 Å². The van der Waals surface area contributed by atoms with E-state index in [2.05, 4.69) is 27.1 Å². The molecular weight excluding hydrogens is 406 g/mol. The average Bonchev–Trinajstić information content (AvgIpc) is 3.49. The van der Waals surface area contributed by atoms with Gasteiger partial charge in [0.15, 0.2) is 0 Å². The molecule has 176 valence electrons. The molecule has 0 bridgehead atoms. The fraction of sp³-hybridized carbons (Fsp3) is 0.640. The zero-order valence-corrected chi connectivity index (χ0v) is 19.2. The van der Waals surface area contributed by atoms with Crippen LogP contribution in [0.3, 0.4) is 0 Å². The first-order valence-electron chi connectivity index (χ1n) is 12.1. The van der Waals surface area contributed by atoms with E-state index in [4.69, 9.17) is 14.0 Å². The molecule has 7 heteroatoms. The molecule has 2 atom stereocenters. The number of benzene rings is 1. The molecule has 0 aliphatic carbocycles. The Morgan fingerprint density at radius 1 is 1.19 bits per heavy atom. The van der Waals surface area contributed by atoms with Crippen LogP contribution in [0.25, 0.3) is 11.3 Å². The zero-order valence-electron chi connectivity index (χ0n) is 19.2. The molecule has 0 unspecified atom stereocenters. The minimum Gasteiger partial charge on any atom is -0.389 e. The Labute approximate surface area is 191 Å². The number of ether oxygens (including phenoxy) is 2. The second-order valence-electron chi connectivity index (χ2n) is 8.87. The number of aliphatic hydroxyl groups excluding tert-OH is 1. The maximum atomic E-state index is 10.6. The van der Waals surface area contributed by atoms with Crippen molar-refractivity contribution < 1.29 is 19.1 Å². The van der Waals surface area contributed by atoms with Crippen LogP contribution in [0.1, 0.15) is 44.6 Å². The largest absolute Gasteiger partial charge is 0.389 e. The van der Waals surface area contributed by atoms with E-state index in [0.29, 0.717) is 26.3 Å². The molecule has 2 aliphatic rings. The highest BCUT2D eigenvalue weighted by molar-refractivity contribution is 5.68. The van der Waals surface area contributed by atoms with Crippen molar-refractivity contribution in [2.24, 2.45) is 0 Å². The van der Waals surface area contributed by atoms with Crippen molar-refractivity contribution in [2.45, 2.75) is 57.8 Å². The van der Waals surface area contributed by atoms with Gasteiger partial charge < -0.3 is 24.0 Å². The summed E-state index contributed by atoms with van der Waals surface area (Å²) in [6.07, 6.45) is 5.43.